The summed E-state index contributed by atoms with van der Waals surface area (Å²) in [5.74, 6) is 0.936. The fourth-order valence-electron chi connectivity index (χ4n) is 3.83. The Balaban J connectivity index is 1.54. The van der Waals surface area contributed by atoms with Gasteiger partial charge in [0, 0.05) is 13.5 Å². The molecule has 1 aliphatic carbocycles. The Labute approximate surface area is 136 Å². The van der Waals surface area contributed by atoms with Gasteiger partial charge in [-0.2, -0.15) is 0 Å². The molecule has 0 unspecified atom stereocenters. The lowest BCUT2D eigenvalue weighted by Gasteiger charge is -2.34. The van der Waals surface area contributed by atoms with Crippen molar-refractivity contribution in [2.24, 2.45) is 0 Å². The number of para-hydroxylation sites is 1. The van der Waals surface area contributed by atoms with Gasteiger partial charge in [-0.15, -0.1) is 0 Å². The van der Waals surface area contributed by atoms with E-state index in [-0.39, 0.29) is 18.1 Å². The van der Waals surface area contributed by atoms with Gasteiger partial charge in [-0.25, -0.2) is 0 Å². The van der Waals surface area contributed by atoms with E-state index in [2.05, 4.69) is 24.3 Å². The van der Waals surface area contributed by atoms with Crippen LogP contribution in [0.2, 0.25) is 0 Å². The summed E-state index contributed by atoms with van der Waals surface area (Å²) in [6.07, 6.45) is 3.56. The zero-order valence-corrected chi connectivity index (χ0v) is 13.4. The third kappa shape index (κ3) is 2.50. The Kier molecular flexibility index (Phi) is 3.56. The summed E-state index contributed by atoms with van der Waals surface area (Å²) in [6, 6.07) is 16.6. The van der Waals surface area contributed by atoms with Crippen molar-refractivity contribution in [1.82, 2.24) is 4.90 Å². The van der Waals surface area contributed by atoms with Crippen LogP contribution in [0.4, 0.5) is 0 Å². The average Bonchev–Trinajstić information content (AvgIpc) is 3.04. The number of nitrogens with zero attached hydrogens (tertiary/aromatic N) is 1. The number of carbonyl (C=O) groups is 1. The molecule has 0 saturated heterocycles. The van der Waals surface area contributed by atoms with Crippen LogP contribution in [-0.2, 0) is 17.6 Å². The molecule has 118 valence electrons. The van der Waals surface area contributed by atoms with E-state index in [1.165, 1.54) is 11.1 Å². The van der Waals surface area contributed by atoms with E-state index in [0.29, 0.717) is 6.42 Å². The summed E-state index contributed by atoms with van der Waals surface area (Å²) in [5.41, 5.74) is 3.80. The van der Waals surface area contributed by atoms with Gasteiger partial charge in [0.25, 0.3) is 5.91 Å². The number of fused-ring (bicyclic) bond motifs is 2. The molecule has 23 heavy (non-hydrogen) atoms. The lowest BCUT2D eigenvalue weighted by atomic mass is 9.87. The first-order chi connectivity index (χ1) is 11.2. The topological polar surface area (TPSA) is 29.5 Å². The number of hydrogen-bond donors (Lipinski definition) is 0. The van der Waals surface area contributed by atoms with Gasteiger partial charge in [-0.05, 0) is 42.0 Å². The zero-order valence-electron chi connectivity index (χ0n) is 13.4. The van der Waals surface area contributed by atoms with Gasteiger partial charge in [-0.1, -0.05) is 42.5 Å². The van der Waals surface area contributed by atoms with E-state index in [1.807, 2.05) is 36.2 Å². The molecule has 0 radical (unpaired) electrons. The highest BCUT2D eigenvalue weighted by atomic mass is 16.5. The number of ether oxygens (including phenoxy) is 1. The summed E-state index contributed by atoms with van der Waals surface area (Å²) in [5, 5.41) is 0. The van der Waals surface area contributed by atoms with Gasteiger partial charge >= 0.3 is 0 Å². The maximum Gasteiger partial charge on any atom is 0.264 e. The van der Waals surface area contributed by atoms with Crippen LogP contribution in [0.1, 0.15) is 35.6 Å². The smallest absolute Gasteiger partial charge is 0.264 e. The summed E-state index contributed by atoms with van der Waals surface area (Å²) in [6.45, 7) is 0. The molecular formula is C20H21NO2. The third-order valence-electron chi connectivity index (χ3n) is 5.08. The number of carbonyl (C=O) groups excluding carboxylic acids is 1. The van der Waals surface area contributed by atoms with Gasteiger partial charge in [0.05, 0.1) is 6.04 Å². The van der Waals surface area contributed by atoms with Crippen LogP contribution in [0.3, 0.4) is 0 Å². The molecule has 1 amide bonds. The van der Waals surface area contributed by atoms with Crippen molar-refractivity contribution in [2.75, 3.05) is 7.05 Å². The van der Waals surface area contributed by atoms with E-state index < -0.39 is 0 Å². The second kappa shape index (κ2) is 5.73. The molecule has 0 aromatic heterocycles. The third-order valence-corrected chi connectivity index (χ3v) is 5.08. The second-order valence-corrected chi connectivity index (χ2v) is 6.47. The van der Waals surface area contributed by atoms with E-state index in [9.17, 15) is 4.79 Å². The molecular weight excluding hydrogens is 286 g/mol. The predicted molar refractivity (Wildman–Crippen MR) is 89.5 cm³/mol. The fraction of sp³-hybridized carbons (Fsp3) is 0.350. The minimum Gasteiger partial charge on any atom is -0.480 e. The first-order valence-electron chi connectivity index (χ1n) is 8.33. The molecule has 0 bridgehead atoms. The number of benzene rings is 2. The molecule has 0 N–H and O–H groups in total. The molecule has 4 rings (SSSR count). The van der Waals surface area contributed by atoms with Gasteiger partial charge < -0.3 is 9.64 Å². The van der Waals surface area contributed by atoms with Crippen molar-refractivity contribution in [1.29, 1.82) is 0 Å². The maximum absolute atomic E-state index is 12.9. The Bertz CT molecular complexity index is 715. The largest absolute Gasteiger partial charge is 0.480 e. The predicted octanol–water partition coefficient (Wildman–Crippen LogP) is 3.53. The highest BCUT2D eigenvalue weighted by Crippen LogP contribution is 2.35. The lowest BCUT2D eigenvalue weighted by molar-refractivity contribution is -0.139. The van der Waals surface area contributed by atoms with Crippen molar-refractivity contribution < 1.29 is 9.53 Å². The summed E-state index contributed by atoms with van der Waals surface area (Å²) in [7, 11) is 1.92. The van der Waals surface area contributed by atoms with Gasteiger partial charge in [0.15, 0.2) is 6.10 Å². The molecule has 0 spiro atoms. The number of hydrogen-bond acceptors (Lipinski definition) is 2. The Morgan fingerprint density at radius 3 is 2.65 bits per heavy atom. The highest BCUT2D eigenvalue weighted by molar-refractivity contribution is 5.83. The van der Waals surface area contributed by atoms with Crippen molar-refractivity contribution in [3.8, 4) is 5.75 Å². The molecule has 2 aromatic carbocycles. The van der Waals surface area contributed by atoms with Crippen LogP contribution in [0, 0.1) is 0 Å². The Morgan fingerprint density at radius 2 is 1.83 bits per heavy atom. The van der Waals surface area contributed by atoms with E-state index in [0.717, 1.165) is 30.6 Å². The van der Waals surface area contributed by atoms with Gasteiger partial charge in [-0.3, -0.25) is 4.79 Å². The fourth-order valence-corrected chi connectivity index (χ4v) is 3.83. The van der Waals surface area contributed by atoms with Crippen LogP contribution >= 0.6 is 0 Å². The number of likely N-dealkylation sites (N-methyl/N-ethyl adjacent to an activating group) is 1. The van der Waals surface area contributed by atoms with Crippen molar-refractivity contribution in [2.45, 2.75) is 37.8 Å². The van der Waals surface area contributed by atoms with Crippen LogP contribution in [0.15, 0.2) is 48.5 Å². The molecule has 0 fully saturated rings. The number of amides is 1. The zero-order chi connectivity index (χ0) is 15.8. The summed E-state index contributed by atoms with van der Waals surface area (Å²) >= 11 is 0. The van der Waals surface area contributed by atoms with E-state index >= 15 is 0 Å². The maximum atomic E-state index is 12.9. The van der Waals surface area contributed by atoms with Gasteiger partial charge in [0.1, 0.15) is 5.75 Å². The van der Waals surface area contributed by atoms with Gasteiger partial charge in [0.2, 0.25) is 0 Å². The standard InChI is InChI=1S/C20H21NO2/c1-21(17-11-6-9-14-7-2-4-10-16(14)17)20(22)19-13-15-8-3-5-12-18(15)23-19/h2-5,7-8,10,12,17,19H,6,9,11,13H2,1H3/t17-,19-/m0/s1. The molecule has 3 nitrogen and oxygen atoms in total. The quantitative estimate of drug-likeness (QED) is 0.849. The number of aryl methyl sites for hydroxylation is 1. The second-order valence-electron chi connectivity index (χ2n) is 6.47. The van der Waals surface area contributed by atoms with E-state index in [1.54, 1.807) is 0 Å². The van der Waals surface area contributed by atoms with Crippen molar-refractivity contribution in [3.63, 3.8) is 0 Å². The molecule has 1 aliphatic heterocycles. The summed E-state index contributed by atoms with van der Waals surface area (Å²) in [4.78, 5) is 14.8. The highest BCUT2D eigenvalue weighted by Gasteiger charge is 2.35. The van der Waals surface area contributed by atoms with Crippen LogP contribution in [-0.4, -0.2) is 24.0 Å². The van der Waals surface area contributed by atoms with E-state index in [4.69, 9.17) is 4.74 Å². The number of rotatable bonds is 2. The SMILES string of the molecule is CN(C(=O)[C@@H]1Cc2ccccc2O1)[C@H]1CCCc2ccccc21. The van der Waals surface area contributed by atoms with Crippen molar-refractivity contribution in [3.05, 3.63) is 65.2 Å². The molecule has 1 heterocycles. The minimum atomic E-state index is -0.383. The first-order valence-corrected chi connectivity index (χ1v) is 8.33. The molecule has 0 saturated carbocycles. The van der Waals surface area contributed by atoms with Crippen LogP contribution in [0.5, 0.6) is 5.75 Å². The average molecular weight is 307 g/mol. The molecule has 3 heteroatoms. The minimum absolute atomic E-state index is 0.0860. The monoisotopic (exact) mass is 307 g/mol. The molecule has 2 aliphatic rings. The Morgan fingerprint density at radius 1 is 1.09 bits per heavy atom. The molecule has 2 atom stereocenters. The lowest BCUT2D eigenvalue weighted by Crippen LogP contribution is -2.42. The Hall–Kier alpha value is -2.29. The van der Waals surface area contributed by atoms with Crippen LogP contribution in [0.25, 0.3) is 0 Å². The normalized spacial score (nSPS) is 22.0. The first kappa shape index (κ1) is 14.3. The summed E-state index contributed by atoms with van der Waals surface area (Å²) < 4.78 is 5.88. The molecule has 2 aromatic rings. The van der Waals surface area contributed by atoms with Crippen LogP contribution < -0.4 is 4.74 Å². The van der Waals surface area contributed by atoms with Crippen molar-refractivity contribution >= 4 is 5.91 Å².